The number of benzene rings is 1. The molecule has 2 aliphatic rings. The van der Waals surface area contributed by atoms with Gasteiger partial charge in [-0.25, -0.2) is 0 Å². The molecular weight excluding hydrogens is 170 g/mol. The zero-order chi connectivity index (χ0) is 9.60. The van der Waals surface area contributed by atoms with Crippen molar-refractivity contribution in [2.75, 3.05) is 0 Å². The van der Waals surface area contributed by atoms with E-state index in [0.29, 0.717) is 5.41 Å². The van der Waals surface area contributed by atoms with Gasteiger partial charge in [0, 0.05) is 16.7 Å². The molecule has 1 heteroatoms. The SMILES string of the molecule is CC1(C2=Cc3ccccc3[N]2)CCC1. The van der Waals surface area contributed by atoms with E-state index in [1.54, 1.807) is 0 Å². The van der Waals surface area contributed by atoms with Crippen molar-refractivity contribution < 1.29 is 0 Å². The molecule has 0 atom stereocenters. The molecule has 1 aromatic rings. The van der Waals surface area contributed by atoms with Crippen LogP contribution in [0.1, 0.15) is 31.7 Å². The summed E-state index contributed by atoms with van der Waals surface area (Å²) in [5.41, 5.74) is 4.11. The van der Waals surface area contributed by atoms with Crippen molar-refractivity contribution in [2.24, 2.45) is 5.41 Å². The highest BCUT2D eigenvalue weighted by Gasteiger charge is 2.38. The zero-order valence-electron chi connectivity index (χ0n) is 8.46. The van der Waals surface area contributed by atoms with Crippen molar-refractivity contribution in [3.8, 4) is 0 Å². The van der Waals surface area contributed by atoms with Crippen molar-refractivity contribution in [1.29, 1.82) is 0 Å². The second-order valence-electron chi connectivity index (χ2n) is 4.61. The summed E-state index contributed by atoms with van der Waals surface area (Å²) < 4.78 is 0. The maximum Gasteiger partial charge on any atom is 0.0706 e. The number of hydrogen-bond acceptors (Lipinski definition) is 0. The van der Waals surface area contributed by atoms with Crippen molar-refractivity contribution in [2.45, 2.75) is 26.2 Å². The average molecular weight is 184 g/mol. The first-order valence-corrected chi connectivity index (χ1v) is 5.31. The van der Waals surface area contributed by atoms with E-state index >= 15 is 0 Å². The van der Waals surface area contributed by atoms with Crippen LogP contribution in [0.4, 0.5) is 5.69 Å². The van der Waals surface area contributed by atoms with Crippen LogP contribution in [0.3, 0.4) is 0 Å². The van der Waals surface area contributed by atoms with Crippen molar-refractivity contribution >= 4 is 11.8 Å². The fourth-order valence-electron chi connectivity index (χ4n) is 2.29. The van der Waals surface area contributed by atoms with Gasteiger partial charge in [0.25, 0.3) is 0 Å². The molecule has 1 aliphatic heterocycles. The molecule has 0 unspecified atom stereocenters. The first-order chi connectivity index (χ1) is 6.78. The topological polar surface area (TPSA) is 14.1 Å². The van der Waals surface area contributed by atoms with E-state index in [2.05, 4.69) is 37.3 Å². The van der Waals surface area contributed by atoms with Gasteiger partial charge in [0.05, 0.1) is 5.69 Å². The van der Waals surface area contributed by atoms with Crippen LogP contribution in [-0.2, 0) is 0 Å². The summed E-state index contributed by atoms with van der Waals surface area (Å²) in [5, 5.41) is 4.71. The highest BCUT2D eigenvalue weighted by molar-refractivity contribution is 5.72. The lowest BCUT2D eigenvalue weighted by molar-refractivity contribution is 0.208. The number of allylic oxidation sites excluding steroid dienone is 1. The molecule has 3 rings (SSSR count). The lowest BCUT2D eigenvalue weighted by Gasteiger charge is -2.38. The highest BCUT2D eigenvalue weighted by Crippen LogP contribution is 2.49. The second-order valence-corrected chi connectivity index (χ2v) is 4.61. The number of rotatable bonds is 1. The highest BCUT2D eigenvalue weighted by atomic mass is 14.9. The van der Waals surface area contributed by atoms with Crippen molar-refractivity contribution in [1.82, 2.24) is 5.32 Å². The maximum absolute atomic E-state index is 4.71. The van der Waals surface area contributed by atoms with Gasteiger partial charge in [-0.3, -0.25) is 5.32 Å². The molecule has 1 saturated carbocycles. The predicted molar refractivity (Wildman–Crippen MR) is 58.2 cm³/mol. The van der Waals surface area contributed by atoms with Crippen molar-refractivity contribution in [3.63, 3.8) is 0 Å². The molecule has 0 N–H and O–H groups in total. The largest absolute Gasteiger partial charge is 0.252 e. The molecule has 0 spiro atoms. The minimum atomic E-state index is 0.374. The molecule has 0 aromatic heterocycles. The molecule has 1 radical (unpaired) electrons. The number of hydrogen-bond donors (Lipinski definition) is 0. The van der Waals surface area contributed by atoms with Gasteiger partial charge in [0.2, 0.25) is 0 Å². The predicted octanol–water partition coefficient (Wildman–Crippen LogP) is 3.47. The van der Waals surface area contributed by atoms with Crippen molar-refractivity contribution in [3.05, 3.63) is 35.5 Å². The number of para-hydroxylation sites is 1. The molecule has 1 aliphatic carbocycles. The molecule has 1 nitrogen and oxygen atoms in total. The Labute approximate surface area is 84.8 Å². The zero-order valence-corrected chi connectivity index (χ0v) is 8.46. The monoisotopic (exact) mass is 184 g/mol. The molecule has 1 heterocycles. The molecular formula is C13H14N. The van der Waals surface area contributed by atoms with E-state index in [-0.39, 0.29) is 0 Å². The Morgan fingerprint density at radius 3 is 2.64 bits per heavy atom. The van der Waals surface area contributed by atoms with Crippen LogP contribution in [0.25, 0.3) is 6.08 Å². The average Bonchev–Trinajstić information content (AvgIpc) is 2.57. The van der Waals surface area contributed by atoms with Crippen LogP contribution in [0.2, 0.25) is 0 Å². The fraction of sp³-hybridized carbons (Fsp3) is 0.385. The van der Waals surface area contributed by atoms with Crippen LogP contribution in [0.15, 0.2) is 30.0 Å². The van der Waals surface area contributed by atoms with E-state index in [4.69, 9.17) is 5.32 Å². The summed E-state index contributed by atoms with van der Waals surface area (Å²) in [6, 6.07) is 8.38. The Kier molecular flexibility index (Phi) is 1.52. The third-order valence-electron chi connectivity index (χ3n) is 3.55. The number of nitrogens with zero attached hydrogens (tertiary/aromatic N) is 1. The van der Waals surface area contributed by atoms with E-state index in [1.165, 1.54) is 30.5 Å². The van der Waals surface area contributed by atoms with Gasteiger partial charge < -0.3 is 0 Å². The molecule has 14 heavy (non-hydrogen) atoms. The smallest absolute Gasteiger partial charge is 0.0706 e. The van der Waals surface area contributed by atoms with Gasteiger partial charge in [0.15, 0.2) is 0 Å². The second kappa shape index (κ2) is 2.63. The molecule has 0 bridgehead atoms. The lowest BCUT2D eigenvalue weighted by atomic mass is 9.68. The van der Waals surface area contributed by atoms with E-state index < -0.39 is 0 Å². The Bertz CT molecular complexity index is 399. The molecule has 1 aromatic carbocycles. The fourth-order valence-corrected chi connectivity index (χ4v) is 2.29. The van der Waals surface area contributed by atoms with Gasteiger partial charge in [-0.2, -0.15) is 0 Å². The summed E-state index contributed by atoms with van der Waals surface area (Å²) in [7, 11) is 0. The summed E-state index contributed by atoms with van der Waals surface area (Å²) in [5.74, 6) is 0. The lowest BCUT2D eigenvalue weighted by Crippen LogP contribution is -2.29. The minimum absolute atomic E-state index is 0.374. The minimum Gasteiger partial charge on any atom is -0.252 e. The quantitative estimate of drug-likeness (QED) is 0.634. The standard InChI is InChI=1S/C13H14N/c1-13(7-4-8-13)12-9-10-5-2-3-6-11(10)14-12/h2-3,5-6,9H,4,7-8H2,1H3. The summed E-state index contributed by atoms with van der Waals surface area (Å²) >= 11 is 0. The normalized spacial score (nSPS) is 21.9. The van der Waals surface area contributed by atoms with E-state index in [9.17, 15) is 0 Å². The number of fused-ring (bicyclic) bond motifs is 1. The Morgan fingerprint density at radius 2 is 2.00 bits per heavy atom. The molecule has 0 saturated heterocycles. The van der Waals surface area contributed by atoms with Gasteiger partial charge in [-0.05, 0) is 25.0 Å². The molecule has 1 fully saturated rings. The van der Waals surface area contributed by atoms with Gasteiger partial charge >= 0.3 is 0 Å². The van der Waals surface area contributed by atoms with E-state index in [1.807, 2.05) is 0 Å². The van der Waals surface area contributed by atoms with Gasteiger partial charge in [0.1, 0.15) is 0 Å². The first-order valence-electron chi connectivity index (χ1n) is 5.31. The molecule has 71 valence electrons. The Morgan fingerprint density at radius 1 is 1.21 bits per heavy atom. The summed E-state index contributed by atoms with van der Waals surface area (Å²) in [6.45, 7) is 2.33. The van der Waals surface area contributed by atoms with Crippen LogP contribution in [0.5, 0.6) is 0 Å². The van der Waals surface area contributed by atoms with Crippen LogP contribution < -0.4 is 5.32 Å². The summed E-state index contributed by atoms with van der Waals surface area (Å²) in [6.07, 6.45) is 6.22. The van der Waals surface area contributed by atoms with E-state index in [0.717, 1.165) is 5.69 Å². The summed E-state index contributed by atoms with van der Waals surface area (Å²) in [4.78, 5) is 0. The van der Waals surface area contributed by atoms with Crippen LogP contribution >= 0.6 is 0 Å². The maximum atomic E-state index is 4.71. The first kappa shape index (κ1) is 8.10. The van der Waals surface area contributed by atoms with Gasteiger partial charge in [-0.1, -0.05) is 31.5 Å². The van der Waals surface area contributed by atoms with Crippen LogP contribution in [-0.4, -0.2) is 0 Å². The van der Waals surface area contributed by atoms with Gasteiger partial charge in [-0.15, -0.1) is 0 Å². The van der Waals surface area contributed by atoms with Crippen LogP contribution in [0, 0.1) is 5.41 Å². The Balaban J connectivity index is 1.95. The Hall–Kier alpha value is -1.24. The third kappa shape index (κ3) is 1.02. The third-order valence-corrected chi connectivity index (χ3v) is 3.55. The molecule has 0 amide bonds.